The molecule has 0 bridgehead atoms. The molecular formula is C17H15ClFN5OS. The van der Waals surface area contributed by atoms with Crippen LogP contribution in [0.4, 0.5) is 10.1 Å². The smallest absolute Gasteiger partial charge is 0.234 e. The third-order valence-electron chi connectivity index (χ3n) is 3.51. The van der Waals surface area contributed by atoms with Crippen LogP contribution in [0.25, 0.3) is 11.4 Å². The number of rotatable bonds is 5. The molecule has 0 aliphatic carbocycles. The molecule has 0 atom stereocenters. The largest absolute Gasteiger partial charge is 0.335 e. The fourth-order valence-electron chi connectivity index (χ4n) is 2.24. The van der Waals surface area contributed by atoms with Crippen molar-refractivity contribution < 1.29 is 9.18 Å². The van der Waals surface area contributed by atoms with Crippen molar-refractivity contribution in [2.24, 2.45) is 0 Å². The van der Waals surface area contributed by atoms with E-state index in [0.717, 1.165) is 22.0 Å². The van der Waals surface area contributed by atoms with Crippen LogP contribution in [0, 0.1) is 12.7 Å². The van der Waals surface area contributed by atoms with Gasteiger partial charge in [-0.15, -0.1) is 10.2 Å². The molecule has 3 aromatic rings. The monoisotopic (exact) mass is 391 g/mol. The molecule has 134 valence electrons. The molecule has 0 saturated carbocycles. The molecule has 26 heavy (non-hydrogen) atoms. The Bertz CT molecular complexity index is 962. The van der Waals surface area contributed by atoms with Crippen molar-refractivity contribution in [2.45, 2.75) is 12.1 Å². The van der Waals surface area contributed by atoms with Crippen LogP contribution in [0.3, 0.4) is 0 Å². The Hall–Kier alpha value is -2.58. The summed E-state index contributed by atoms with van der Waals surface area (Å²) in [6, 6.07) is 11.5. The van der Waals surface area contributed by atoms with Crippen LogP contribution in [0.5, 0.6) is 0 Å². The van der Waals surface area contributed by atoms with Crippen LogP contribution in [-0.4, -0.2) is 26.5 Å². The summed E-state index contributed by atoms with van der Waals surface area (Å²) in [5.41, 5.74) is 1.77. The van der Waals surface area contributed by atoms with Gasteiger partial charge < -0.3 is 11.2 Å². The summed E-state index contributed by atoms with van der Waals surface area (Å²) in [4.78, 5) is 12.1. The minimum atomic E-state index is -0.449. The number of nitrogens with two attached hydrogens (primary N) is 1. The predicted molar refractivity (Wildman–Crippen MR) is 101 cm³/mol. The minimum Gasteiger partial charge on any atom is -0.335 e. The quantitative estimate of drug-likeness (QED) is 0.513. The molecule has 0 aliphatic heterocycles. The first kappa shape index (κ1) is 18.2. The number of hydrogen-bond acceptors (Lipinski definition) is 5. The van der Waals surface area contributed by atoms with E-state index < -0.39 is 5.82 Å². The summed E-state index contributed by atoms with van der Waals surface area (Å²) in [5, 5.41) is 11.3. The van der Waals surface area contributed by atoms with Crippen LogP contribution in [0.1, 0.15) is 5.56 Å². The first-order valence-corrected chi connectivity index (χ1v) is 8.96. The minimum absolute atomic E-state index is 0.0524. The molecule has 0 saturated heterocycles. The highest BCUT2D eigenvalue weighted by molar-refractivity contribution is 7.99. The maximum Gasteiger partial charge on any atom is 0.234 e. The molecular weight excluding hydrogens is 377 g/mol. The van der Waals surface area contributed by atoms with Gasteiger partial charge in [-0.1, -0.05) is 41.6 Å². The third kappa shape index (κ3) is 3.97. The number of carbonyl (C=O) groups excluding carboxylic acids is 1. The number of aryl methyl sites for hydroxylation is 1. The number of hydrogen-bond donors (Lipinski definition) is 2. The van der Waals surface area contributed by atoms with Crippen LogP contribution in [0.2, 0.25) is 5.02 Å². The molecule has 3 rings (SSSR count). The Kier molecular flexibility index (Phi) is 5.43. The molecule has 0 spiro atoms. The molecule has 1 aromatic heterocycles. The Morgan fingerprint density at radius 1 is 1.31 bits per heavy atom. The molecule has 9 heteroatoms. The lowest BCUT2D eigenvalue weighted by Gasteiger charge is -2.08. The van der Waals surface area contributed by atoms with Crippen molar-refractivity contribution in [1.82, 2.24) is 14.9 Å². The highest BCUT2D eigenvalue weighted by Crippen LogP contribution is 2.25. The number of halogens is 2. The van der Waals surface area contributed by atoms with Crippen molar-refractivity contribution in [3.8, 4) is 11.4 Å². The lowest BCUT2D eigenvalue weighted by atomic mass is 10.2. The molecule has 0 unspecified atom stereocenters. The normalized spacial score (nSPS) is 10.7. The molecule has 6 nitrogen and oxygen atoms in total. The Labute approximate surface area is 158 Å². The second-order valence-electron chi connectivity index (χ2n) is 5.48. The average Bonchev–Trinajstić information content (AvgIpc) is 2.97. The van der Waals surface area contributed by atoms with E-state index >= 15 is 0 Å². The summed E-state index contributed by atoms with van der Waals surface area (Å²) in [6.07, 6.45) is 0. The zero-order chi connectivity index (χ0) is 18.7. The van der Waals surface area contributed by atoms with Gasteiger partial charge in [0.2, 0.25) is 11.1 Å². The van der Waals surface area contributed by atoms with Crippen molar-refractivity contribution in [1.29, 1.82) is 0 Å². The summed E-state index contributed by atoms with van der Waals surface area (Å²) in [7, 11) is 0. The third-order valence-corrected chi connectivity index (χ3v) is 4.77. The molecule has 1 amide bonds. The number of thioether (sulfide) groups is 1. The van der Waals surface area contributed by atoms with Crippen molar-refractivity contribution in [2.75, 3.05) is 16.9 Å². The summed E-state index contributed by atoms with van der Waals surface area (Å²) < 4.78 is 15.0. The fourth-order valence-corrected chi connectivity index (χ4v) is 3.18. The maximum atomic E-state index is 13.9. The highest BCUT2D eigenvalue weighted by atomic mass is 35.5. The number of nitrogen functional groups attached to an aromatic ring is 1. The Morgan fingerprint density at radius 2 is 2.08 bits per heavy atom. The van der Waals surface area contributed by atoms with Gasteiger partial charge in [-0.3, -0.25) is 4.79 Å². The van der Waals surface area contributed by atoms with Gasteiger partial charge in [0.05, 0.1) is 22.0 Å². The van der Waals surface area contributed by atoms with E-state index in [2.05, 4.69) is 15.5 Å². The van der Waals surface area contributed by atoms with Crippen LogP contribution in [0.15, 0.2) is 47.6 Å². The number of benzene rings is 2. The van der Waals surface area contributed by atoms with Gasteiger partial charge >= 0.3 is 0 Å². The first-order valence-electron chi connectivity index (χ1n) is 7.60. The zero-order valence-corrected chi connectivity index (χ0v) is 15.3. The van der Waals surface area contributed by atoms with Gasteiger partial charge in [0.15, 0.2) is 5.82 Å². The Balaban J connectivity index is 1.67. The molecule has 2 aromatic carbocycles. The van der Waals surface area contributed by atoms with Crippen molar-refractivity contribution in [3.63, 3.8) is 0 Å². The number of aromatic nitrogens is 3. The standard InChI is InChI=1S/C17H15ClFN5OS/c1-10-6-7-14(12(18)8-10)21-15(25)9-26-17-23-22-16(24(17)20)11-4-2-3-5-13(11)19/h2-8H,9,20H2,1H3,(H,21,25). The molecule has 3 N–H and O–H groups in total. The number of amides is 1. The molecule has 0 fully saturated rings. The number of anilines is 1. The van der Waals surface area contributed by atoms with E-state index in [-0.39, 0.29) is 23.0 Å². The van der Waals surface area contributed by atoms with Crippen molar-refractivity contribution in [3.05, 3.63) is 58.9 Å². The topological polar surface area (TPSA) is 85.8 Å². The molecule has 0 aliphatic rings. The lowest BCUT2D eigenvalue weighted by Crippen LogP contribution is -2.16. The van der Waals surface area contributed by atoms with E-state index in [4.69, 9.17) is 17.4 Å². The van der Waals surface area contributed by atoms with E-state index in [9.17, 15) is 9.18 Å². The van der Waals surface area contributed by atoms with Gasteiger partial charge in [0.1, 0.15) is 5.82 Å². The average molecular weight is 392 g/mol. The van der Waals surface area contributed by atoms with Crippen molar-refractivity contribution >= 4 is 35.0 Å². The Morgan fingerprint density at radius 3 is 2.81 bits per heavy atom. The SMILES string of the molecule is Cc1ccc(NC(=O)CSc2nnc(-c3ccccc3F)n2N)c(Cl)c1. The zero-order valence-electron chi connectivity index (χ0n) is 13.7. The van der Waals surface area contributed by atoms with Gasteiger partial charge in [-0.2, -0.15) is 0 Å². The summed E-state index contributed by atoms with van der Waals surface area (Å²) in [5.74, 6) is 5.46. The van der Waals surface area contributed by atoms with E-state index in [1.54, 1.807) is 30.3 Å². The van der Waals surface area contributed by atoms with Crippen LogP contribution >= 0.6 is 23.4 Å². The number of nitrogens with zero attached hydrogens (tertiary/aromatic N) is 3. The molecule has 0 radical (unpaired) electrons. The molecule has 1 heterocycles. The van der Waals surface area contributed by atoms with Gasteiger partial charge in [0, 0.05) is 0 Å². The fraction of sp³-hybridized carbons (Fsp3) is 0.118. The second kappa shape index (κ2) is 7.76. The number of carbonyl (C=O) groups is 1. The van der Waals surface area contributed by atoms with Crippen LogP contribution in [-0.2, 0) is 4.79 Å². The van der Waals surface area contributed by atoms with E-state index in [1.165, 1.54) is 6.07 Å². The second-order valence-corrected chi connectivity index (χ2v) is 6.83. The van der Waals surface area contributed by atoms with E-state index in [0.29, 0.717) is 15.9 Å². The van der Waals surface area contributed by atoms with Gasteiger partial charge in [-0.25, -0.2) is 9.07 Å². The predicted octanol–water partition coefficient (Wildman–Crippen LogP) is 3.49. The summed E-state index contributed by atoms with van der Waals surface area (Å²) in [6.45, 7) is 1.91. The van der Waals surface area contributed by atoms with Gasteiger partial charge in [-0.05, 0) is 36.8 Å². The highest BCUT2D eigenvalue weighted by Gasteiger charge is 2.16. The number of nitrogens with one attached hydrogen (secondary N) is 1. The first-order chi connectivity index (χ1) is 12.5. The lowest BCUT2D eigenvalue weighted by molar-refractivity contribution is -0.113. The van der Waals surface area contributed by atoms with Gasteiger partial charge in [0.25, 0.3) is 0 Å². The van der Waals surface area contributed by atoms with Crippen LogP contribution < -0.4 is 11.2 Å². The maximum absolute atomic E-state index is 13.9. The summed E-state index contributed by atoms with van der Waals surface area (Å²) >= 11 is 7.19. The van der Waals surface area contributed by atoms with E-state index in [1.807, 2.05) is 13.0 Å².